The number of nitrogens with zero attached hydrogens (tertiary/aromatic N) is 1. The number of benzene rings is 3. The number of hydrogen-bond acceptors (Lipinski definition) is 3. The van der Waals surface area contributed by atoms with E-state index in [0.717, 1.165) is 31.2 Å². The van der Waals surface area contributed by atoms with Gasteiger partial charge in [-0.2, -0.15) is 12.5 Å². The number of aliphatic hydroxyl groups is 1. The number of rotatable bonds is 9. The number of pyridine rings is 1. The van der Waals surface area contributed by atoms with E-state index in [1.165, 1.54) is 112 Å². The van der Waals surface area contributed by atoms with Crippen molar-refractivity contribution in [3.05, 3.63) is 103 Å². The molecule has 0 unspecified atom stereocenters. The van der Waals surface area contributed by atoms with Crippen LogP contribution >= 0.6 is 11.3 Å². The van der Waals surface area contributed by atoms with Gasteiger partial charge in [-0.05, 0) is 109 Å². The minimum Gasteiger partial charge on any atom is -0.512 e. The predicted molar refractivity (Wildman–Crippen MR) is 237 cm³/mol. The first-order valence-corrected chi connectivity index (χ1v) is 22.2. The predicted octanol–water partition coefficient (Wildman–Crippen LogP) is 14.8. The van der Waals surface area contributed by atoms with Crippen molar-refractivity contribution in [3.8, 4) is 11.3 Å². The van der Waals surface area contributed by atoms with Gasteiger partial charge in [0, 0.05) is 54.5 Å². The fourth-order valence-corrected chi connectivity index (χ4v) is 11.1. The van der Waals surface area contributed by atoms with Crippen molar-refractivity contribution in [1.82, 2.24) is 0 Å². The second-order valence-electron chi connectivity index (χ2n) is 17.8. The molecule has 0 saturated heterocycles. The van der Waals surface area contributed by atoms with Crippen LogP contribution in [0.3, 0.4) is 0 Å². The van der Waals surface area contributed by atoms with Crippen molar-refractivity contribution in [2.45, 2.75) is 143 Å². The van der Waals surface area contributed by atoms with E-state index in [-0.39, 0.29) is 48.9 Å². The fourth-order valence-electron chi connectivity index (χ4n) is 9.79. The monoisotopic (exact) mass is 949 g/mol. The maximum absolute atomic E-state index is 11.7. The van der Waals surface area contributed by atoms with Crippen LogP contribution < -0.4 is 4.57 Å². The Morgan fingerprint density at radius 3 is 2.09 bits per heavy atom. The summed E-state index contributed by atoms with van der Waals surface area (Å²) in [4.78, 5) is 11.7. The molecule has 7 rings (SSSR count). The SMILES string of the molecule is CCC(CC)C(=O)/C=C(\O)C(CC)CC.[CH2-]c1c(-c2c3sc4cc(C5CCC6(CCCCC6)CC5)ccc4c3cc[n+]2[CH2-])cc(C(C)(C)C)c2ccccc12.[Ir]. The van der Waals surface area contributed by atoms with Gasteiger partial charge in [-0.3, -0.25) is 4.79 Å². The van der Waals surface area contributed by atoms with Crippen molar-refractivity contribution in [3.63, 3.8) is 0 Å². The summed E-state index contributed by atoms with van der Waals surface area (Å²) in [6.45, 7) is 19.6. The molecule has 2 aromatic heterocycles. The molecular formula is C51H66IrNO2S-. The van der Waals surface area contributed by atoms with E-state index in [4.69, 9.17) is 0 Å². The molecule has 1 radical (unpaired) electrons. The molecule has 2 saturated carbocycles. The number of hydrogen-bond donors (Lipinski definition) is 1. The zero-order valence-electron chi connectivity index (χ0n) is 35.2. The van der Waals surface area contributed by atoms with Gasteiger partial charge in [0.15, 0.2) is 5.78 Å². The summed E-state index contributed by atoms with van der Waals surface area (Å²) < 4.78 is 4.78. The van der Waals surface area contributed by atoms with Gasteiger partial charge in [-0.25, -0.2) is 0 Å². The Bertz CT molecular complexity index is 2150. The van der Waals surface area contributed by atoms with Crippen LogP contribution in [0, 0.1) is 31.2 Å². The number of aromatic nitrogens is 1. The molecule has 2 aliphatic rings. The zero-order chi connectivity index (χ0) is 39.5. The molecule has 2 heterocycles. The van der Waals surface area contributed by atoms with E-state index in [2.05, 4.69) is 100 Å². The third-order valence-electron chi connectivity index (χ3n) is 13.4. The normalized spacial score (nSPS) is 16.4. The van der Waals surface area contributed by atoms with Crippen LogP contribution in [-0.2, 0) is 30.3 Å². The van der Waals surface area contributed by atoms with Crippen molar-refractivity contribution in [1.29, 1.82) is 0 Å². The third-order valence-corrected chi connectivity index (χ3v) is 14.6. The average molecular weight is 949 g/mol. The van der Waals surface area contributed by atoms with Gasteiger partial charge in [0.25, 0.3) is 0 Å². The average Bonchev–Trinajstić information content (AvgIpc) is 3.54. The van der Waals surface area contributed by atoms with Gasteiger partial charge in [-0.15, -0.1) is 34.4 Å². The van der Waals surface area contributed by atoms with Crippen molar-refractivity contribution < 1.29 is 34.6 Å². The Morgan fingerprint density at radius 2 is 1.48 bits per heavy atom. The molecule has 0 amide bonds. The largest absolute Gasteiger partial charge is 0.512 e. The molecule has 56 heavy (non-hydrogen) atoms. The molecule has 0 atom stereocenters. The topological polar surface area (TPSA) is 41.2 Å². The molecule has 2 fully saturated rings. The first-order chi connectivity index (χ1) is 26.3. The minimum absolute atomic E-state index is 0. The first-order valence-electron chi connectivity index (χ1n) is 21.4. The first kappa shape index (κ1) is 44.0. The number of carbonyl (C=O) groups is 1. The van der Waals surface area contributed by atoms with Gasteiger partial charge >= 0.3 is 0 Å². The van der Waals surface area contributed by atoms with Crippen molar-refractivity contribution >= 4 is 48.1 Å². The van der Waals surface area contributed by atoms with Gasteiger partial charge in [0.2, 0.25) is 0 Å². The van der Waals surface area contributed by atoms with E-state index < -0.39 is 0 Å². The van der Waals surface area contributed by atoms with Crippen LogP contribution in [0.4, 0.5) is 0 Å². The third kappa shape index (κ3) is 9.11. The summed E-state index contributed by atoms with van der Waals surface area (Å²) in [7, 11) is 4.46. The Hall–Kier alpha value is -3.11. The number of thiophene rings is 1. The van der Waals surface area contributed by atoms with E-state index in [9.17, 15) is 9.90 Å². The Kier molecular flexibility index (Phi) is 14.7. The molecular weight excluding hydrogens is 883 g/mol. The summed E-state index contributed by atoms with van der Waals surface area (Å²) in [5.41, 5.74) is 7.06. The summed E-state index contributed by atoms with van der Waals surface area (Å²) in [5.74, 6) is 1.26. The van der Waals surface area contributed by atoms with Gasteiger partial charge in [0.1, 0.15) is 0 Å². The van der Waals surface area contributed by atoms with Crippen LogP contribution in [0.5, 0.6) is 0 Å². The molecule has 303 valence electrons. The van der Waals surface area contributed by atoms with E-state index in [0.29, 0.717) is 11.3 Å². The number of aliphatic hydroxyl groups excluding tert-OH is 1. The smallest absolute Gasteiger partial charge is 0.162 e. The fraction of sp³-hybridized carbons (Fsp3) is 0.490. The van der Waals surface area contributed by atoms with Gasteiger partial charge in [0.05, 0.1) is 17.6 Å². The summed E-state index contributed by atoms with van der Waals surface area (Å²) in [6, 6.07) is 20.7. The molecule has 1 N–H and O–H groups in total. The summed E-state index contributed by atoms with van der Waals surface area (Å²) in [5, 5.41) is 15.0. The zero-order valence-corrected chi connectivity index (χ0v) is 38.4. The van der Waals surface area contributed by atoms with Gasteiger partial charge in [-0.1, -0.05) is 109 Å². The van der Waals surface area contributed by atoms with Gasteiger partial charge < -0.3 is 9.67 Å². The molecule has 0 aliphatic heterocycles. The molecule has 5 heteroatoms. The molecule has 5 aromatic rings. The van der Waals surface area contributed by atoms with E-state index in [1.54, 1.807) is 5.56 Å². The number of ketones is 1. The molecule has 2 aliphatic carbocycles. The Morgan fingerprint density at radius 1 is 0.857 bits per heavy atom. The maximum atomic E-state index is 11.7. The molecule has 1 spiro atoms. The van der Waals surface area contributed by atoms with E-state index in [1.807, 2.05) is 39.0 Å². The second kappa shape index (κ2) is 18.6. The standard InChI is InChI=1S/C38H42NS.C13H24O2.Ir/c1-25-28-11-7-8-12-29(28)33(37(2,3)4)24-32(25)35-36-31(17-22-39(35)5)30-14-13-27(23-34(30)40-36)26-15-20-38(21-16-26)18-9-6-10-19-38;1-5-10(6-2)12(14)9-13(15)11(7-3)8-4;/h7-8,11-14,17,22-24,26H,1,5-6,9-10,15-16,18-21H2,2-4H3;9-11,14H,5-8H2,1-4H3;/q-1;;/b;12-9-;. The Balaban J connectivity index is 0.000000322. The summed E-state index contributed by atoms with van der Waals surface area (Å²) >= 11 is 1.94. The maximum Gasteiger partial charge on any atom is 0.162 e. The molecule has 3 nitrogen and oxygen atoms in total. The number of carbonyl (C=O) groups excluding carboxylic acids is 1. The summed E-state index contributed by atoms with van der Waals surface area (Å²) in [6.07, 6.45) is 19.9. The van der Waals surface area contributed by atoms with Crippen LogP contribution in [0.1, 0.15) is 155 Å². The minimum atomic E-state index is 0. The second-order valence-corrected chi connectivity index (χ2v) is 18.9. The van der Waals surface area contributed by atoms with Crippen LogP contribution in [0.2, 0.25) is 0 Å². The molecule has 0 bridgehead atoms. The van der Waals surface area contributed by atoms with Crippen LogP contribution in [0.25, 0.3) is 42.2 Å². The number of allylic oxidation sites excluding steroid dienone is 2. The quantitative estimate of drug-likeness (QED) is 0.0692. The van der Waals surface area contributed by atoms with E-state index >= 15 is 0 Å². The van der Waals surface area contributed by atoms with Crippen molar-refractivity contribution in [2.24, 2.45) is 17.3 Å². The number of fused-ring (bicyclic) bond motifs is 4. The van der Waals surface area contributed by atoms with Crippen molar-refractivity contribution in [2.75, 3.05) is 0 Å². The molecule has 3 aromatic carbocycles. The van der Waals surface area contributed by atoms with Crippen LogP contribution in [-0.4, -0.2) is 10.9 Å². The van der Waals surface area contributed by atoms with Crippen LogP contribution in [0.15, 0.2) is 72.6 Å². The Labute approximate surface area is 355 Å².